The van der Waals surface area contributed by atoms with Gasteiger partial charge in [-0.25, -0.2) is 0 Å². The number of fused-ring (bicyclic) bond motifs is 3. The quantitative estimate of drug-likeness (QED) is 0.639. The van der Waals surface area contributed by atoms with Gasteiger partial charge in [0.15, 0.2) is 0 Å². The first-order chi connectivity index (χ1) is 6.81. The van der Waals surface area contributed by atoms with E-state index in [2.05, 4.69) is 23.5 Å². The SMILES string of the molecule is OC12CNCC1CCc1ccccc12. The summed E-state index contributed by atoms with van der Waals surface area (Å²) in [5.41, 5.74) is 1.89. The Bertz CT molecular complexity index is 363. The third-order valence-electron chi connectivity index (χ3n) is 3.71. The molecular formula is C12H15NO. The summed E-state index contributed by atoms with van der Waals surface area (Å²) in [5.74, 6) is 0.414. The van der Waals surface area contributed by atoms with E-state index in [1.54, 1.807) is 0 Å². The van der Waals surface area contributed by atoms with Gasteiger partial charge >= 0.3 is 0 Å². The Hall–Kier alpha value is -0.860. The molecule has 2 nitrogen and oxygen atoms in total. The van der Waals surface area contributed by atoms with Gasteiger partial charge in [0.1, 0.15) is 5.60 Å². The number of rotatable bonds is 0. The molecule has 0 amide bonds. The van der Waals surface area contributed by atoms with E-state index in [0.29, 0.717) is 12.5 Å². The van der Waals surface area contributed by atoms with Gasteiger partial charge in [-0.15, -0.1) is 0 Å². The van der Waals surface area contributed by atoms with Crippen molar-refractivity contribution in [3.63, 3.8) is 0 Å². The first-order valence-electron chi connectivity index (χ1n) is 5.32. The van der Waals surface area contributed by atoms with Crippen LogP contribution in [0.15, 0.2) is 24.3 Å². The van der Waals surface area contributed by atoms with Crippen LogP contribution in [0.25, 0.3) is 0 Å². The maximum absolute atomic E-state index is 10.6. The van der Waals surface area contributed by atoms with Gasteiger partial charge in [-0.3, -0.25) is 0 Å². The molecule has 0 saturated carbocycles. The summed E-state index contributed by atoms with van der Waals surface area (Å²) < 4.78 is 0. The molecule has 1 aliphatic carbocycles. The molecule has 2 unspecified atom stereocenters. The van der Waals surface area contributed by atoms with E-state index in [-0.39, 0.29) is 0 Å². The maximum atomic E-state index is 10.6. The normalized spacial score (nSPS) is 35.1. The average molecular weight is 189 g/mol. The number of benzene rings is 1. The minimum absolute atomic E-state index is 0.414. The number of aryl methyl sites for hydroxylation is 1. The van der Waals surface area contributed by atoms with Crippen molar-refractivity contribution in [1.82, 2.24) is 5.32 Å². The Morgan fingerprint density at radius 2 is 2.21 bits per heavy atom. The number of hydrogen-bond donors (Lipinski definition) is 2. The van der Waals surface area contributed by atoms with E-state index in [1.165, 1.54) is 5.56 Å². The minimum Gasteiger partial charge on any atom is -0.383 e. The fraction of sp³-hybridized carbons (Fsp3) is 0.500. The van der Waals surface area contributed by atoms with E-state index in [0.717, 1.165) is 24.9 Å². The summed E-state index contributed by atoms with van der Waals surface area (Å²) in [6.45, 7) is 1.68. The molecule has 3 rings (SSSR count). The highest BCUT2D eigenvalue weighted by Crippen LogP contribution is 2.41. The summed E-state index contributed by atoms with van der Waals surface area (Å²) in [7, 11) is 0. The van der Waals surface area contributed by atoms with Crippen LogP contribution in [0.1, 0.15) is 17.5 Å². The van der Waals surface area contributed by atoms with Crippen LogP contribution < -0.4 is 5.32 Å². The fourth-order valence-corrected chi connectivity index (χ4v) is 2.90. The smallest absolute Gasteiger partial charge is 0.106 e. The summed E-state index contributed by atoms with van der Waals surface area (Å²) >= 11 is 0. The zero-order chi connectivity index (χ0) is 9.60. The second-order valence-corrected chi connectivity index (χ2v) is 4.45. The van der Waals surface area contributed by atoms with Gasteiger partial charge in [-0.2, -0.15) is 0 Å². The molecule has 1 aromatic carbocycles. The van der Waals surface area contributed by atoms with Gasteiger partial charge in [0.05, 0.1) is 0 Å². The van der Waals surface area contributed by atoms with Crippen molar-refractivity contribution in [2.75, 3.05) is 13.1 Å². The van der Waals surface area contributed by atoms with Crippen LogP contribution in [-0.2, 0) is 12.0 Å². The lowest BCUT2D eigenvalue weighted by Crippen LogP contribution is -2.38. The number of aliphatic hydroxyl groups is 1. The summed E-state index contributed by atoms with van der Waals surface area (Å²) in [5, 5.41) is 13.9. The first-order valence-corrected chi connectivity index (χ1v) is 5.32. The maximum Gasteiger partial charge on any atom is 0.106 e. The second kappa shape index (κ2) is 2.81. The molecule has 1 aliphatic heterocycles. The summed E-state index contributed by atoms with van der Waals surface area (Å²) in [4.78, 5) is 0. The van der Waals surface area contributed by atoms with E-state index >= 15 is 0 Å². The van der Waals surface area contributed by atoms with E-state index in [1.807, 2.05) is 6.07 Å². The van der Waals surface area contributed by atoms with Crippen molar-refractivity contribution in [1.29, 1.82) is 0 Å². The average Bonchev–Trinajstić information content (AvgIpc) is 2.60. The lowest BCUT2D eigenvalue weighted by molar-refractivity contribution is 0.00213. The lowest BCUT2D eigenvalue weighted by atomic mass is 9.73. The van der Waals surface area contributed by atoms with Crippen LogP contribution in [0, 0.1) is 5.92 Å². The Kier molecular flexibility index (Phi) is 1.70. The standard InChI is InChI=1S/C12H15NO/c14-12-8-13-7-10(12)6-5-9-3-1-2-4-11(9)12/h1-4,10,13-14H,5-8H2. The minimum atomic E-state index is -0.588. The van der Waals surface area contributed by atoms with Gasteiger partial charge < -0.3 is 10.4 Å². The highest BCUT2D eigenvalue weighted by atomic mass is 16.3. The molecule has 1 saturated heterocycles. The van der Waals surface area contributed by atoms with Crippen molar-refractivity contribution >= 4 is 0 Å². The van der Waals surface area contributed by atoms with Crippen molar-refractivity contribution in [3.8, 4) is 0 Å². The molecule has 0 bridgehead atoms. The molecular weight excluding hydrogens is 174 g/mol. The van der Waals surface area contributed by atoms with Crippen LogP contribution in [-0.4, -0.2) is 18.2 Å². The van der Waals surface area contributed by atoms with Gasteiger partial charge in [0, 0.05) is 19.0 Å². The van der Waals surface area contributed by atoms with Gasteiger partial charge in [0.2, 0.25) is 0 Å². The molecule has 14 heavy (non-hydrogen) atoms. The predicted molar refractivity (Wildman–Crippen MR) is 55.0 cm³/mol. The molecule has 1 heterocycles. The third-order valence-corrected chi connectivity index (χ3v) is 3.71. The number of hydrogen-bond acceptors (Lipinski definition) is 2. The third kappa shape index (κ3) is 0.983. The Balaban J connectivity index is 2.15. The fourth-order valence-electron chi connectivity index (χ4n) is 2.90. The van der Waals surface area contributed by atoms with Crippen LogP contribution in [0.4, 0.5) is 0 Å². The van der Waals surface area contributed by atoms with Crippen molar-refractivity contribution < 1.29 is 5.11 Å². The molecule has 0 radical (unpaired) electrons. The lowest BCUT2D eigenvalue weighted by Gasteiger charge is -2.35. The molecule has 1 aromatic rings. The highest BCUT2D eigenvalue weighted by molar-refractivity contribution is 5.37. The van der Waals surface area contributed by atoms with E-state index in [4.69, 9.17) is 0 Å². The molecule has 1 fully saturated rings. The van der Waals surface area contributed by atoms with Crippen LogP contribution in [0.2, 0.25) is 0 Å². The van der Waals surface area contributed by atoms with Crippen LogP contribution in [0.3, 0.4) is 0 Å². The Labute approximate surface area is 84.0 Å². The van der Waals surface area contributed by atoms with Gasteiger partial charge in [-0.05, 0) is 24.0 Å². The zero-order valence-corrected chi connectivity index (χ0v) is 8.16. The molecule has 2 atom stereocenters. The highest BCUT2D eigenvalue weighted by Gasteiger charge is 2.45. The zero-order valence-electron chi connectivity index (χ0n) is 8.16. The molecule has 0 spiro atoms. The van der Waals surface area contributed by atoms with Crippen molar-refractivity contribution in [2.45, 2.75) is 18.4 Å². The van der Waals surface area contributed by atoms with Crippen molar-refractivity contribution in [2.24, 2.45) is 5.92 Å². The van der Waals surface area contributed by atoms with Crippen molar-refractivity contribution in [3.05, 3.63) is 35.4 Å². The number of nitrogens with one attached hydrogen (secondary N) is 1. The largest absolute Gasteiger partial charge is 0.383 e. The van der Waals surface area contributed by atoms with Gasteiger partial charge in [-0.1, -0.05) is 24.3 Å². The van der Waals surface area contributed by atoms with Crippen LogP contribution >= 0.6 is 0 Å². The monoisotopic (exact) mass is 189 g/mol. The molecule has 0 aromatic heterocycles. The number of β-amino-alcohol motifs (C(OH)–C–C–N with tert-alkyl or cyclic N) is 1. The second-order valence-electron chi connectivity index (χ2n) is 4.45. The molecule has 2 aliphatic rings. The molecule has 2 heteroatoms. The van der Waals surface area contributed by atoms with E-state index in [9.17, 15) is 5.11 Å². The Morgan fingerprint density at radius 1 is 1.36 bits per heavy atom. The predicted octanol–water partition coefficient (Wildman–Crippen LogP) is 1.04. The van der Waals surface area contributed by atoms with Gasteiger partial charge in [0.25, 0.3) is 0 Å². The Morgan fingerprint density at radius 3 is 3.14 bits per heavy atom. The van der Waals surface area contributed by atoms with E-state index < -0.39 is 5.60 Å². The molecule has 74 valence electrons. The first kappa shape index (κ1) is 8.45. The summed E-state index contributed by atoms with van der Waals surface area (Å²) in [6.07, 6.45) is 2.23. The topological polar surface area (TPSA) is 32.3 Å². The molecule has 2 N–H and O–H groups in total. The summed E-state index contributed by atoms with van der Waals surface area (Å²) in [6, 6.07) is 8.30. The van der Waals surface area contributed by atoms with Crippen LogP contribution in [0.5, 0.6) is 0 Å².